The van der Waals surface area contributed by atoms with E-state index in [1.165, 1.54) is 44.7 Å². The lowest BCUT2D eigenvalue weighted by atomic mass is 10.1. The monoisotopic (exact) mass is 411 g/mol. The minimum absolute atomic E-state index is 0.167. The van der Waals surface area contributed by atoms with Crippen LogP contribution in [-0.2, 0) is 12.6 Å². The third-order valence-electron chi connectivity index (χ3n) is 5.80. The molecule has 2 aromatic rings. The van der Waals surface area contributed by atoms with Crippen molar-refractivity contribution in [3.05, 3.63) is 29.8 Å². The number of pyridine rings is 1. The number of imidazole rings is 1. The minimum Gasteiger partial charge on any atom is -0.383 e. The SMILES string of the molecule is FCCN1CC2CC2C1.Nc1ncc(-c2cnc(CC3CC3)[nH]2)cc1C(F)(F)F. The summed E-state index contributed by atoms with van der Waals surface area (Å²) in [5.41, 5.74) is 5.21. The first kappa shape index (κ1) is 20.1. The van der Waals surface area contributed by atoms with E-state index in [0.29, 0.717) is 23.7 Å². The maximum Gasteiger partial charge on any atom is 0.419 e. The maximum atomic E-state index is 12.8. The number of halogens is 4. The predicted octanol–water partition coefficient (Wildman–Crippen LogP) is 3.93. The molecule has 0 aromatic carbocycles. The fourth-order valence-corrected chi connectivity index (χ4v) is 3.86. The second-order valence-corrected chi connectivity index (χ2v) is 8.25. The van der Waals surface area contributed by atoms with E-state index < -0.39 is 17.6 Å². The van der Waals surface area contributed by atoms with E-state index in [1.807, 2.05) is 0 Å². The molecule has 9 heteroatoms. The number of H-pyrrole nitrogens is 1. The fourth-order valence-electron chi connectivity index (χ4n) is 3.86. The smallest absolute Gasteiger partial charge is 0.383 e. The molecule has 0 amide bonds. The Kier molecular flexibility index (Phi) is 5.50. The van der Waals surface area contributed by atoms with E-state index in [-0.39, 0.29) is 6.67 Å². The van der Waals surface area contributed by atoms with Gasteiger partial charge in [-0.05, 0) is 43.1 Å². The standard InChI is InChI=1S/C13H13F3N4.C7H12FN/c14-13(15,16)9-4-8(5-19-12(9)17)10-6-18-11(20-10)3-7-1-2-7;8-1-2-9-4-6-3-7(6)5-9/h4-7H,1-3H2,(H2,17,19)(H,18,20);6-7H,1-5H2. The molecule has 0 spiro atoms. The molecule has 3 aliphatic rings. The van der Waals surface area contributed by atoms with Crippen molar-refractivity contribution < 1.29 is 17.6 Å². The van der Waals surface area contributed by atoms with Crippen LogP contribution in [0.3, 0.4) is 0 Å². The summed E-state index contributed by atoms with van der Waals surface area (Å²) in [6.07, 6.45) is 2.99. The van der Waals surface area contributed by atoms with Crippen molar-refractivity contribution in [3.8, 4) is 11.3 Å². The molecule has 2 saturated carbocycles. The molecule has 158 valence electrons. The summed E-state index contributed by atoms with van der Waals surface area (Å²) in [5.74, 6) is 2.85. The molecular weight excluding hydrogens is 386 g/mol. The highest BCUT2D eigenvalue weighted by molar-refractivity contribution is 5.61. The second kappa shape index (κ2) is 7.93. The Labute approximate surface area is 166 Å². The van der Waals surface area contributed by atoms with E-state index in [9.17, 15) is 17.6 Å². The third kappa shape index (κ3) is 5.07. The topological polar surface area (TPSA) is 70.8 Å². The first-order valence-electron chi connectivity index (χ1n) is 9.98. The number of nitrogen functional groups attached to an aromatic ring is 1. The number of fused-ring (bicyclic) bond motifs is 1. The third-order valence-corrected chi connectivity index (χ3v) is 5.80. The molecular formula is C20H25F4N5. The van der Waals surface area contributed by atoms with Gasteiger partial charge >= 0.3 is 6.18 Å². The number of hydrogen-bond donors (Lipinski definition) is 2. The van der Waals surface area contributed by atoms with Crippen LogP contribution in [0.1, 0.15) is 30.7 Å². The molecule has 0 bridgehead atoms. The number of aromatic nitrogens is 3. The Balaban J connectivity index is 0.000000188. The molecule has 0 radical (unpaired) electrons. The van der Waals surface area contributed by atoms with Crippen molar-refractivity contribution in [1.29, 1.82) is 0 Å². The van der Waals surface area contributed by atoms with Gasteiger partial charge in [-0.2, -0.15) is 13.2 Å². The van der Waals surface area contributed by atoms with Gasteiger partial charge in [0.25, 0.3) is 0 Å². The highest BCUT2D eigenvalue weighted by atomic mass is 19.4. The predicted molar refractivity (Wildman–Crippen MR) is 102 cm³/mol. The van der Waals surface area contributed by atoms with Gasteiger partial charge < -0.3 is 15.6 Å². The number of anilines is 1. The van der Waals surface area contributed by atoms with Gasteiger partial charge in [0.05, 0.1) is 17.5 Å². The molecule has 2 aromatic heterocycles. The maximum absolute atomic E-state index is 12.8. The highest BCUT2D eigenvalue weighted by Gasteiger charge is 2.44. The van der Waals surface area contributed by atoms with Gasteiger partial charge in [0.1, 0.15) is 18.3 Å². The van der Waals surface area contributed by atoms with Crippen LogP contribution in [0.2, 0.25) is 0 Å². The average Bonchev–Trinajstić information content (AvgIpc) is 3.53. The zero-order chi connectivity index (χ0) is 20.6. The molecule has 2 unspecified atom stereocenters. The largest absolute Gasteiger partial charge is 0.419 e. The normalized spacial score (nSPS) is 23.4. The van der Waals surface area contributed by atoms with Crippen molar-refractivity contribution in [2.75, 3.05) is 32.0 Å². The first-order valence-corrected chi connectivity index (χ1v) is 9.98. The summed E-state index contributed by atoms with van der Waals surface area (Å²) < 4.78 is 50.1. The Morgan fingerprint density at radius 1 is 1.14 bits per heavy atom. The van der Waals surface area contributed by atoms with Crippen LogP contribution in [0, 0.1) is 17.8 Å². The molecule has 1 aliphatic heterocycles. The Morgan fingerprint density at radius 2 is 1.86 bits per heavy atom. The van der Waals surface area contributed by atoms with E-state index in [4.69, 9.17) is 5.73 Å². The van der Waals surface area contributed by atoms with Gasteiger partial charge in [0.2, 0.25) is 0 Å². The summed E-state index contributed by atoms with van der Waals surface area (Å²) >= 11 is 0. The minimum atomic E-state index is -4.51. The molecule has 5 rings (SSSR count). The molecule has 1 saturated heterocycles. The lowest BCUT2D eigenvalue weighted by Crippen LogP contribution is -2.24. The molecule has 3 N–H and O–H groups in total. The Morgan fingerprint density at radius 3 is 2.48 bits per heavy atom. The van der Waals surface area contributed by atoms with Gasteiger partial charge in [-0.1, -0.05) is 0 Å². The van der Waals surface area contributed by atoms with Crippen molar-refractivity contribution in [2.24, 2.45) is 17.8 Å². The zero-order valence-electron chi connectivity index (χ0n) is 16.1. The van der Waals surface area contributed by atoms with Crippen molar-refractivity contribution in [2.45, 2.75) is 31.9 Å². The molecule has 2 atom stereocenters. The quantitative estimate of drug-likeness (QED) is 0.732. The van der Waals surface area contributed by atoms with Crippen LogP contribution in [-0.4, -0.2) is 46.2 Å². The Hall–Kier alpha value is -2.16. The lowest BCUT2D eigenvalue weighted by molar-refractivity contribution is -0.137. The van der Waals surface area contributed by atoms with E-state index in [0.717, 1.165) is 30.1 Å². The summed E-state index contributed by atoms with van der Waals surface area (Å²) in [5, 5.41) is 0. The number of rotatable bonds is 5. The summed E-state index contributed by atoms with van der Waals surface area (Å²) in [6, 6.07) is 0.997. The van der Waals surface area contributed by atoms with Gasteiger partial charge in [0, 0.05) is 37.8 Å². The number of alkyl halides is 4. The van der Waals surface area contributed by atoms with Crippen molar-refractivity contribution >= 4 is 5.82 Å². The second-order valence-electron chi connectivity index (χ2n) is 8.25. The van der Waals surface area contributed by atoms with Gasteiger partial charge in [-0.15, -0.1) is 0 Å². The number of aromatic amines is 1. The number of piperidine rings is 1. The van der Waals surface area contributed by atoms with Crippen LogP contribution in [0.5, 0.6) is 0 Å². The lowest BCUT2D eigenvalue weighted by Gasteiger charge is -2.13. The number of likely N-dealkylation sites (tertiary alicyclic amines) is 1. The van der Waals surface area contributed by atoms with Crippen LogP contribution < -0.4 is 5.73 Å². The molecule has 3 fully saturated rings. The van der Waals surface area contributed by atoms with Crippen LogP contribution >= 0.6 is 0 Å². The molecule has 3 heterocycles. The van der Waals surface area contributed by atoms with Crippen molar-refractivity contribution in [3.63, 3.8) is 0 Å². The highest BCUT2D eigenvalue weighted by Crippen LogP contribution is 2.44. The molecule has 5 nitrogen and oxygen atoms in total. The number of nitrogens with zero attached hydrogens (tertiary/aromatic N) is 3. The van der Waals surface area contributed by atoms with Crippen LogP contribution in [0.15, 0.2) is 18.5 Å². The zero-order valence-corrected chi connectivity index (χ0v) is 16.1. The first-order chi connectivity index (χ1) is 13.8. The van der Waals surface area contributed by atoms with Gasteiger partial charge in [-0.3, -0.25) is 0 Å². The average molecular weight is 411 g/mol. The van der Waals surface area contributed by atoms with Crippen molar-refractivity contribution in [1.82, 2.24) is 19.9 Å². The number of nitrogens with one attached hydrogen (secondary N) is 1. The number of nitrogens with two attached hydrogens (primary N) is 1. The molecule has 2 aliphatic carbocycles. The Bertz CT molecular complexity index is 836. The fraction of sp³-hybridized carbons (Fsp3) is 0.600. The molecule has 29 heavy (non-hydrogen) atoms. The van der Waals surface area contributed by atoms with Crippen LogP contribution in [0.4, 0.5) is 23.4 Å². The summed E-state index contributed by atoms with van der Waals surface area (Å²) in [4.78, 5) is 13.1. The van der Waals surface area contributed by atoms with Crippen LogP contribution in [0.25, 0.3) is 11.3 Å². The van der Waals surface area contributed by atoms with E-state index >= 15 is 0 Å². The number of hydrogen-bond acceptors (Lipinski definition) is 4. The van der Waals surface area contributed by atoms with Gasteiger partial charge in [0.15, 0.2) is 0 Å². The van der Waals surface area contributed by atoms with Gasteiger partial charge in [-0.25, -0.2) is 14.4 Å². The summed E-state index contributed by atoms with van der Waals surface area (Å²) in [7, 11) is 0. The summed E-state index contributed by atoms with van der Waals surface area (Å²) in [6.45, 7) is 2.86. The van der Waals surface area contributed by atoms with E-state index in [1.54, 1.807) is 0 Å². The van der Waals surface area contributed by atoms with E-state index in [2.05, 4.69) is 19.9 Å².